The summed E-state index contributed by atoms with van der Waals surface area (Å²) in [6.45, 7) is 3.75. The number of carbonyl (C=O) groups excluding carboxylic acids is 2. The third-order valence-corrected chi connectivity index (χ3v) is 6.20. The zero-order valence-corrected chi connectivity index (χ0v) is 16.4. The average Bonchev–Trinajstić information content (AvgIpc) is 2.97. The molecule has 0 saturated heterocycles. The van der Waals surface area contributed by atoms with Gasteiger partial charge in [0.15, 0.2) is 10.8 Å². The predicted molar refractivity (Wildman–Crippen MR) is 96.4 cm³/mol. The summed E-state index contributed by atoms with van der Waals surface area (Å²) in [7, 11) is -0.735. The molecule has 10 nitrogen and oxygen atoms in total. The van der Waals surface area contributed by atoms with Crippen LogP contribution in [0.5, 0.6) is 0 Å². The molecule has 3 amide bonds. The van der Waals surface area contributed by atoms with E-state index >= 15 is 0 Å². The maximum atomic E-state index is 12.3. The number of imide groups is 1. The molecular formula is C14H20N6O4S2. The topological polar surface area (TPSA) is 126 Å². The third kappa shape index (κ3) is 4.31. The number of nitrogens with zero attached hydrogens (tertiary/aromatic N) is 4. The van der Waals surface area contributed by atoms with Crippen molar-refractivity contribution >= 4 is 39.4 Å². The summed E-state index contributed by atoms with van der Waals surface area (Å²) in [6.07, 6.45) is 1.40. The molecule has 1 atom stereocenters. The number of sulfonamides is 1. The average molecular weight is 400 g/mol. The first-order valence-corrected chi connectivity index (χ1v) is 10.0. The van der Waals surface area contributed by atoms with Crippen molar-refractivity contribution < 1.29 is 18.0 Å². The van der Waals surface area contributed by atoms with Crippen LogP contribution in [0.2, 0.25) is 0 Å². The second-order valence-electron chi connectivity index (χ2n) is 5.47. The molecule has 0 spiro atoms. The molecule has 142 valence electrons. The maximum absolute atomic E-state index is 12.3. The molecule has 0 aromatic carbocycles. The van der Waals surface area contributed by atoms with Crippen molar-refractivity contribution in [3.8, 4) is 0 Å². The van der Waals surface area contributed by atoms with Gasteiger partial charge >= 0.3 is 6.03 Å². The lowest BCUT2D eigenvalue weighted by atomic mass is 10.4. The number of aromatic nitrogens is 3. The number of fused-ring (bicyclic) bond motifs is 1. The number of urea groups is 1. The molecular weight excluding hydrogens is 380 g/mol. The first kappa shape index (κ1) is 20.1. The Morgan fingerprint density at radius 3 is 2.62 bits per heavy atom. The van der Waals surface area contributed by atoms with Crippen LogP contribution in [0.3, 0.4) is 0 Å². The number of hydrogen-bond acceptors (Lipinski definition) is 7. The lowest BCUT2D eigenvalue weighted by molar-refractivity contribution is -0.119. The van der Waals surface area contributed by atoms with Gasteiger partial charge in [0.25, 0.3) is 0 Å². The van der Waals surface area contributed by atoms with E-state index in [9.17, 15) is 18.0 Å². The smallest absolute Gasteiger partial charge is 0.321 e. The molecule has 2 N–H and O–H groups in total. The Bertz CT molecular complexity index is 925. The van der Waals surface area contributed by atoms with Crippen LogP contribution in [-0.2, 0) is 14.8 Å². The molecule has 0 saturated carbocycles. The van der Waals surface area contributed by atoms with Crippen molar-refractivity contribution in [1.29, 1.82) is 0 Å². The highest BCUT2D eigenvalue weighted by molar-refractivity contribution is 8.00. The summed E-state index contributed by atoms with van der Waals surface area (Å²) >= 11 is 1.06. The van der Waals surface area contributed by atoms with E-state index in [1.807, 2.05) is 0 Å². The number of carbonyl (C=O) groups is 2. The van der Waals surface area contributed by atoms with Crippen LogP contribution in [0.4, 0.5) is 4.79 Å². The van der Waals surface area contributed by atoms with Gasteiger partial charge < -0.3 is 5.32 Å². The number of pyridine rings is 1. The van der Waals surface area contributed by atoms with E-state index in [-0.39, 0.29) is 4.90 Å². The van der Waals surface area contributed by atoms with Crippen molar-refractivity contribution in [3.63, 3.8) is 0 Å². The number of thioether (sulfide) groups is 1. The van der Waals surface area contributed by atoms with Gasteiger partial charge in [-0.2, -0.15) is 0 Å². The number of hydrogen-bond donors (Lipinski definition) is 2. The zero-order valence-electron chi connectivity index (χ0n) is 14.8. The van der Waals surface area contributed by atoms with Crippen LogP contribution in [0.15, 0.2) is 28.4 Å². The first-order valence-electron chi connectivity index (χ1n) is 7.69. The Hall–Kier alpha value is -2.18. The second-order valence-corrected chi connectivity index (χ2v) is 8.93. The van der Waals surface area contributed by atoms with Crippen LogP contribution in [0.25, 0.3) is 5.65 Å². The summed E-state index contributed by atoms with van der Waals surface area (Å²) in [5, 5.41) is 12.3. The van der Waals surface area contributed by atoms with E-state index in [4.69, 9.17) is 0 Å². The molecule has 2 heterocycles. The molecule has 2 rings (SSSR count). The normalized spacial score (nSPS) is 13.0. The van der Waals surface area contributed by atoms with Crippen LogP contribution in [0, 0.1) is 0 Å². The number of rotatable bonds is 6. The Morgan fingerprint density at radius 1 is 1.31 bits per heavy atom. The van der Waals surface area contributed by atoms with Crippen molar-refractivity contribution in [2.24, 2.45) is 0 Å². The van der Waals surface area contributed by atoms with Crippen molar-refractivity contribution in [2.45, 2.75) is 29.1 Å². The van der Waals surface area contributed by atoms with Gasteiger partial charge in [0, 0.05) is 26.8 Å². The lowest BCUT2D eigenvalue weighted by Crippen LogP contribution is -2.42. The molecule has 12 heteroatoms. The van der Waals surface area contributed by atoms with Gasteiger partial charge in [-0.05, 0) is 26.0 Å². The quantitative estimate of drug-likeness (QED) is 0.668. The van der Waals surface area contributed by atoms with E-state index in [0.717, 1.165) is 16.1 Å². The summed E-state index contributed by atoms with van der Waals surface area (Å²) < 4.78 is 27.2. The number of nitrogens with one attached hydrogen (secondary N) is 2. The predicted octanol–water partition coefficient (Wildman–Crippen LogP) is 0.306. The fourth-order valence-electron chi connectivity index (χ4n) is 1.92. The van der Waals surface area contributed by atoms with Crippen molar-refractivity contribution in [1.82, 2.24) is 29.5 Å². The van der Waals surface area contributed by atoms with E-state index in [1.165, 1.54) is 36.8 Å². The molecule has 0 aliphatic rings. The van der Waals surface area contributed by atoms with Gasteiger partial charge in [0.2, 0.25) is 15.9 Å². The highest BCUT2D eigenvalue weighted by atomic mass is 32.2. The summed E-state index contributed by atoms with van der Waals surface area (Å²) in [6, 6.07) is 2.40. The Morgan fingerprint density at radius 2 is 2.00 bits per heavy atom. The SMILES string of the molecule is CCNC(=O)NC(=O)C(C)Sc1nnc2ccc(S(=O)(=O)N(C)C)cn12. The Balaban J connectivity index is 2.25. The van der Waals surface area contributed by atoms with Gasteiger partial charge in [-0.25, -0.2) is 17.5 Å². The Kier molecular flexibility index (Phi) is 6.21. The van der Waals surface area contributed by atoms with Crippen LogP contribution in [-0.4, -0.2) is 65.1 Å². The van der Waals surface area contributed by atoms with Gasteiger partial charge in [-0.15, -0.1) is 10.2 Å². The monoisotopic (exact) mass is 400 g/mol. The molecule has 1 unspecified atom stereocenters. The van der Waals surface area contributed by atoms with Crippen molar-refractivity contribution in [3.05, 3.63) is 18.3 Å². The van der Waals surface area contributed by atoms with Crippen LogP contribution in [0.1, 0.15) is 13.8 Å². The summed E-state index contributed by atoms with van der Waals surface area (Å²) in [5.41, 5.74) is 0.446. The fourth-order valence-corrected chi connectivity index (χ4v) is 3.65. The molecule has 26 heavy (non-hydrogen) atoms. The van der Waals surface area contributed by atoms with Crippen LogP contribution >= 0.6 is 11.8 Å². The zero-order chi connectivity index (χ0) is 19.5. The fraction of sp³-hybridized carbons (Fsp3) is 0.429. The molecule has 2 aromatic rings. The third-order valence-electron chi connectivity index (χ3n) is 3.35. The van der Waals surface area contributed by atoms with Gasteiger partial charge in [0.05, 0.1) is 10.1 Å². The molecule has 0 fully saturated rings. The largest absolute Gasteiger partial charge is 0.338 e. The van der Waals surface area contributed by atoms with E-state index in [1.54, 1.807) is 13.8 Å². The van der Waals surface area contributed by atoms with Crippen molar-refractivity contribution in [2.75, 3.05) is 20.6 Å². The van der Waals surface area contributed by atoms with Gasteiger partial charge in [-0.3, -0.25) is 14.5 Å². The summed E-state index contributed by atoms with van der Waals surface area (Å²) in [5.74, 6) is -0.491. The van der Waals surface area contributed by atoms with Gasteiger partial charge in [-0.1, -0.05) is 11.8 Å². The minimum atomic E-state index is -3.61. The minimum absolute atomic E-state index is 0.0797. The second kappa shape index (κ2) is 8.01. The van der Waals surface area contributed by atoms with Crippen LogP contribution < -0.4 is 10.6 Å². The first-order chi connectivity index (χ1) is 12.2. The number of amides is 3. The lowest BCUT2D eigenvalue weighted by Gasteiger charge is -2.12. The van der Waals surface area contributed by atoms with Gasteiger partial charge in [0.1, 0.15) is 0 Å². The maximum Gasteiger partial charge on any atom is 0.321 e. The Labute approximate surface area is 155 Å². The van der Waals surface area contributed by atoms with E-state index < -0.39 is 27.2 Å². The van der Waals surface area contributed by atoms with E-state index in [2.05, 4.69) is 20.8 Å². The molecule has 0 bridgehead atoms. The molecule has 0 aliphatic carbocycles. The van der Waals surface area contributed by atoms with E-state index in [0.29, 0.717) is 17.3 Å². The molecule has 0 aliphatic heterocycles. The standard InChI is InChI=1S/C14H20N6O4S2/c1-5-15-13(22)16-12(21)9(2)25-14-18-17-11-7-6-10(8-20(11)14)26(23,24)19(3)4/h6-9H,5H2,1-4H3,(H2,15,16,21,22). The molecule has 2 aromatic heterocycles. The minimum Gasteiger partial charge on any atom is -0.338 e. The molecule has 0 radical (unpaired) electrons. The summed E-state index contributed by atoms with van der Waals surface area (Å²) in [4.78, 5) is 23.6. The highest BCUT2D eigenvalue weighted by Crippen LogP contribution is 2.24. The highest BCUT2D eigenvalue weighted by Gasteiger charge is 2.22.